The molecule has 0 unspecified atom stereocenters. The Labute approximate surface area is 145 Å². The zero-order chi connectivity index (χ0) is 16.8. The van der Waals surface area contributed by atoms with E-state index in [9.17, 15) is 9.65 Å². The Morgan fingerprint density at radius 1 is 0.875 bits per heavy atom. The minimum atomic E-state index is -0.390. The van der Waals surface area contributed by atoms with Crippen molar-refractivity contribution in [3.63, 3.8) is 0 Å². The number of hydrogen-bond acceptors (Lipinski definition) is 2. The highest BCUT2D eigenvalue weighted by atomic mass is 32.2. The Balaban J connectivity index is 2.00. The molecule has 0 amide bonds. The molecular formula is C21H14FNS. The number of hydrogen-bond donors (Lipinski definition) is 0. The van der Waals surface area contributed by atoms with Gasteiger partial charge < -0.3 is 0 Å². The Hall–Kier alpha value is -2.83. The molecule has 0 heterocycles. The van der Waals surface area contributed by atoms with Crippen LogP contribution >= 0.6 is 11.8 Å². The number of nitriles is 1. The molecule has 0 N–H and O–H groups in total. The van der Waals surface area contributed by atoms with Crippen LogP contribution in [-0.4, -0.2) is 0 Å². The van der Waals surface area contributed by atoms with Crippen LogP contribution in [0.2, 0.25) is 0 Å². The first-order valence-electron chi connectivity index (χ1n) is 7.46. The summed E-state index contributed by atoms with van der Waals surface area (Å²) in [7, 11) is 0. The molecular weight excluding hydrogens is 317 g/mol. The molecule has 0 fully saturated rings. The lowest BCUT2D eigenvalue weighted by molar-refractivity contribution is 0.624. The van der Waals surface area contributed by atoms with Crippen molar-refractivity contribution < 1.29 is 4.39 Å². The maximum Gasteiger partial charge on any atom is 0.131 e. The van der Waals surface area contributed by atoms with E-state index in [1.54, 1.807) is 36.0 Å². The molecule has 0 saturated heterocycles. The molecule has 3 aromatic carbocycles. The summed E-state index contributed by atoms with van der Waals surface area (Å²) in [5, 5.41) is 9.45. The smallest absolute Gasteiger partial charge is 0.131 e. The third-order valence-electron chi connectivity index (χ3n) is 3.47. The molecule has 0 aliphatic heterocycles. The van der Waals surface area contributed by atoms with Gasteiger partial charge in [-0.25, -0.2) is 4.39 Å². The van der Waals surface area contributed by atoms with Crippen LogP contribution in [-0.2, 0) is 0 Å². The lowest BCUT2D eigenvalue weighted by Crippen LogP contribution is -1.88. The number of rotatable bonds is 4. The predicted octanol–water partition coefficient (Wildman–Crippen LogP) is 6.04. The summed E-state index contributed by atoms with van der Waals surface area (Å²) < 4.78 is 14.0. The highest BCUT2D eigenvalue weighted by Crippen LogP contribution is 2.32. The summed E-state index contributed by atoms with van der Waals surface area (Å²) in [6.45, 7) is 0. The van der Waals surface area contributed by atoms with Gasteiger partial charge in [-0.3, -0.25) is 0 Å². The second kappa shape index (κ2) is 7.63. The second-order valence-electron chi connectivity index (χ2n) is 5.10. The third kappa shape index (κ3) is 3.73. The van der Waals surface area contributed by atoms with E-state index in [2.05, 4.69) is 6.07 Å². The molecule has 3 heteroatoms. The number of halogens is 1. The van der Waals surface area contributed by atoms with Crippen molar-refractivity contribution in [1.82, 2.24) is 0 Å². The van der Waals surface area contributed by atoms with Gasteiger partial charge in [0.25, 0.3) is 0 Å². The quantitative estimate of drug-likeness (QED) is 0.430. The van der Waals surface area contributed by atoms with Gasteiger partial charge in [-0.2, -0.15) is 5.26 Å². The van der Waals surface area contributed by atoms with Gasteiger partial charge in [0.15, 0.2) is 0 Å². The summed E-state index contributed by atoms with van der Waals surface area (Å²) in [4.78, 5) is 2.13. The Morgan fingerprint density at radius 2 is 1.54 bits per heavy atom. The van der Waals surface area contributed by atoms with Gasteiger partial charge in [-0.1, -0.05) is 66.4 Å². The summed E-state index contributed by atoms with van der Waals surface area (Å²) in [5.41, 5.74) is 1.53. The summed E-state index contributed by atoms with van der Waals surface area (Å²) in [5.74, 6) is -0.390. The van der Waals surface area contributed by atoms with Gasteiger partial charge in [-0.05, 0) is 35.9 Å². The van der Waals surface area contributed by atoms with Gasteiger partial charge in [0.05, 0.1) is 11.6 Å². The van der Waals surface area contributed by atoms with Crippen molar-refractivity contribution in [3.8, 4) is 6.07 Å². The van der Waals surface area contributed by atoms with Crippen LogP contribution in [0.4, 0.5) is 4.39 Å². The Morgan fingerprint density at radius 3 is 2.29 bits per heavy atom. The van der Waals surface area contributed by atoms with Crippen molar-refractivity contribution in [2.45, 2.75) is 9.79 Å². The number of benzene rings is 3. The van der Waals surface area contributed by atoms with E-state index in [-0.39, 0.29) is 0 Å². The van der Waals surface area contributed by atoms with Crippen LogP contribution in [0.15, 0.2) is 88.7 Å². The van der Waals surface area contributed by atoms with Crippen molar-refractivity contribution in [1.29, 1.82) is 5.26 Å². The summed E-state index contributed by atoms with van der Waals surface area (Å²) in [6.07, 6.45) is 1.74. The normalized spacial score (nSPS) is 11.1. The van der Waals surface area contributed by atoms with E-state index >= 15 is 0 Å². The van der Waals surface area contributed by atoms with Crippen LogP contribution in [0.1, 0.15) is 11.1 Å². The van der Waals surface area contributed by atoms with Gasteiger partial charge in [0.1, 0.15) is 5.82 Å². The molecule has 24 heavy (non-hydrogen) atoms. The second-order valence-corrected chi connectivity index (χ2v) is 6.22. The zero-order valence-corrected chi connectivity index (χ0v) is 13.6. The first kappa shape index (κ1) is 16.0. The van der Waals surface area contributed by atoms with E-state index in [0.29, 0.717) is 11.1 Å². The fraction of sp³-hybridized carbons (Fsp3) is 0. The maximum absolute atomic E-state index is 14.0. The van der Waals surface area contributed by atoms with Crippen LogP contribution in [0.3, 0.4) is 0 Å². The van der Waals surface area contributed by atoms with Crippen molar-refractivity contribution in [2.75, 3.05) is 0 Å². The molecule has 0 bridgehead atoms. The van der Waals surface area contributed by atoms with Gasteiger partial charge in [0.2, 0.25) is 0 Å². The lowest BCUT2D eigenvalue weighted by Gasteiger charge is -2.07. The van der Waals surface area contributed by atoms with E-state index in [4.69, 9.17) is 0 Å². The fourth-order valence-corrected chi connectivity index (χ4v) is 3.25. The number of nitrogens with zero attached hydrogens (tertiary/aromatic N) is 1. The largest absolute Gasteiger partial charge is 0.206 e. The third-order valence-corrected chi connectivity index (χ3v) is 4.57. The Kier molecular flexibility index (Phi) is 5.10. The first-order valence-corrected chi connectivity index (χ1v) is 8.28. The van der Waals surface area contributed by atoms with Crippen LogP contribution < -0.4 is 0 Å². The molecule has 0 spiro atoms. The van der Waals surface area contributed by atoms with Gasteiger partial charge in [-0.15, -0.1) is 0 Å². The Bertz CT molecular complexity index is 910. The average molecular weight is 331 g/mol. The van der Waals surface area contributed by atoms with E-state index in [1.807, 2.05) is 54.6 Å². The molecule has 0 radical (unpaired) electrons. The molecule has 1 nitrogen and oxygen atoms in total. The van der Waals surface area contributed by atoms with E-state index in [1.165, 1.54) is 6.07 Å². The standard InChI is InChI=1S/C21H14FNS/c22-20-12-6-5-11-19(20)17(15-23)14-16-8-4-7-13-21(16)24-18-9-2-1-3-10-18/h1-14H/b17-14+. The van der Waals surface area contributed by atoms with Gasteiger partial charge in [0, 0.05) is 15.4 Å². The topological polar surface area (TPSA) is 23.8 Å². The highest BCUT2D eigenvalue weighted by Gasteiger charge is 2.09. The fourth-order valence-electron chi connectivity index (χ4n) is 2.31. The molecule has 0 saturated carbocycles. The van der Waals surface area contributed by atoms with Crippen LogP contribution in [0, 0.1) is 17.1 Å². The monoisotopic (exact) mass is 331 g/mol. The molecule has 116 valence electrons. The summed E-state index contributed by atoms with van der Waals surface area (Å²) in [6, 6.07) is 26.3. The molecule has 3 aromatic rings. The first-order chi connectivity index (χ1) is 11.8. The molecule has 0 aliphatic carbocycles. The van der Waals surface area contributed by atoms with Crippen molar-refractivity contribution in [3.05, 3.63) is 95.8 Å². The highest BCUT2D eigenvalue weighted by molar-refractivity contribution is 7.99. The van der Waals surface area contributed by atoms with Gasteiger partial charge >= 0.3 is 0 Å². The molecule has 0 aliphatic rings. The van der Waals surface area contributed by atoms with Crippen LogP contribution in [0.25, 0.3) is 11.6 Å². The summed E-state index contributed by atoms with van der Waals surface area (Å²) >= 11 is 1.62. The van der Waals surface area contributed by atoms with Crippen LogP contribution in [0.5, 0.6) is 0 Å². The minimum absolute atomic E-state index is 0.314. The lowest BCUT2D eigenvalue weighted by atomic mass is 10.0. The molecule has 0 aromatic heterocycles. The average Bonchev–Trinajstić information content (AvgIpc) is 2.63. The molecule has 3 rings (SSSR count). The minimum Gasteiger partial charge on any atom is -0.206 e. The number of allylic oxidation sites excluding steroid dienone is 1. The van der Waals surface area contributed by atoms with E-state index < -0.39 is 5.82 Å². The molecule has 0 atom stereocenters. The van der Waals surface area contributed by atoms with E-state index in [0.717, 1.165) is 15.4 Å². The predicted molar refractivity (Wildman–Crippen MR) is 96.9 cm³/mol. The van der Waals surface area contributed by atoms with Crippen molar-refractivity contribution in [2.24, 2.45) is 0 Å². The SMILES string of the molecule is N#C/C(=C\c1ccccc1Sc1ccccc1)c1ccccc1F. The maximum atomic E-state index is 14.0. The zero-order valence-electron chi connectivity index (χ0n) is 12.8. The van der Waals surface area contributed by atoms with Crippen molar-refractivity contribution >= 4 is 23.4 Å².